The molecule has 0 spiro atoms. The quantitative estimate of drug-likeness (QED) is 0.657. The smallest absolute Gasteiger partial charge is 0.323 e. The summed E-state index contributed by atoms with van der Waals surface area (Å²) in [6, 6.07) is 11.4. The first-order chi connectivity index (χ1) is 13.8. The van der Waals surface area contributed by atoms with Crippen molar-refractivity contribution >= 4 is 22.9 Å². The van der Waals surface area contributed by atoms with E-state index in [4.69, 9.17) is 4.98 Å². The van der Waals surface area contributed by atoms with Crippen molar-refractivity contribution in [2.45, 2.75) is 33.7 Å². The number of carboxylic acid groups (broad SMARTS) is 1. The second-order valence-electron chi connectivity index (χ2n) is 7.81. The summed E-state index contributed by atoms with van der Waals surface area (Å²) in [6.07, 6.45) is 1.64. The topological polar surface area (TPSA) is 88.3 Å². The lowest BCUT2D eigenvalue weighted by atomic mass is 10.1. The second kappa shape index (κ2) is 8.43. The van der Waals surface area contributed by atoms with E-state index in [1.54, 1.807) is 16.9 Å². The van der Waals surface area contributed by atoms with Crippen LogP contribution in [0.3, 0.4) is 0 Å². The minimum absolute atomic E-state index is 0.0692. The number of benzene rings is 1. The zero-order valence-corrected chi connectivity index (χ0v) is 17.2. The van der Waals surface area contributed by atoms with E-state index in [0.717, 1.165) is 5.56 Å². The first-order valence-corrected chi connectivity index (χ1v) is 9.72. The largest absolute Gasteiger partial charge is 0.480 e. The molecule has 2 heterocycles. The number of hydrogen-bond acceptors (Lipinski definition) is 4. The maximum Gasteiger partial charge on any atom is 0.323 e. The Morgan fingerprint density at radius 3 is 2.41 bits per heavy atom. The number of fused-ring (bicyclic) bond motifs is 1. The molecule has 0 fully saturated rings. The molecular weight excluding hydrogens is 368 g/mol. The molecule has 0 saturated carbocycles. The van der Waals surface area contributed by atoms with Crippen LogP contribution in [0.15, 0.2) is 42.6 Å². The van der Waals surface area contributed by atoms with Gasteiger partial charge in [0.15, 0.2) is 5.65 Å². The number of aliphatic carboxylic acids is 1. The van der Waals surface area contributed by atoms with Crippen molar-refractivity contribution in [1.82, 2.24) is 19.7 Å². The Kier molecular flexibility index (Phi) is 5.96. The monoisotopic (exact) mass is 394 g/mol. The molecule has 0 aliphatic heterocycles. The Morgan fingerprint density at radius 1 is 1.14 bits per heavy atom. The predicted octanol–water partition coefficient (Wildman–Crippen LogP) is 3.86. The third-order valence-electron chi connectivity index (χ3n) is 4.55. The molecule has 1 N–H and O–H groups in total. The number of rotatable bonds is 7. The van der Waals surface area contributed by atoms with Gasteiger partial charge in [0.2, 0.25) is 0 Å². The number of pyridine rings is 1. The Hall–Kier alpha value is -3.22. The number of amides is 1. The Bertz CT molecular complexity index is 1030. The van der Waals surface area contributed by atoms with E-state index in [9.17, 15) is 14.7 Å². The van der Waals surface area contributed by atoms with Gasteiger partial charge in [-0.1, -0.05) is 44.2 Å². The molecular formula is C22H26N4O3. The normalized spacial score (nSPS) is 11.4. The average Bonchev–Trinajstić information content (AvgIpc) is 3.10. The molecule has 2 aromatic heterocycles. The van der Waals surface area contributed by atoms with E-state index in [0.29, 0.717) is 28.8 Å². The van der Waals surface area contributed by atoms with Crippen molar-refractivity contribution in [1.29, 1.82) is 0 Å². The van der Waals surface area contributed by atoms with E-state index >= 15 is 0 Å². The first kappa shape index (κ1) is 20.5. The summed E-state index contributed by atoms with van der Waals surface area (Å²) in [5, 5.41) is 14.3. The van der Waals surface area contributed by atoms with Crippen LogP contribution in [-0.4, -0.2) is 49.7 Å². The molecule has 0 bridgehead atoms. The van der Waals surface area contributed by atoms with Gasteiger partial charge < -0.3 is 10.0 Å². The van der Waals surface area contributed by atoms with Crippen molar-refractivity contribution in [2.24, 2.45) is 5.92 Å². The van der Waals surface area contributed by atoms with Crippen LogP contribution in [0.4, 0.5) is 0 Å². The molecule has 0 aliphatic carbocycles. The van der Waals surface area contributed by atoms with Crippen molar-refractivity contribution < 1.29 is 14.7 Å². The van der Waals surface area contributed by atoms with Crippen molar-refractivity contribution in [3.8, 4) is 11.3 Å². The van der Waals surface area contributed by atoms with Crippen LogP contribution in [-0.2, 0) is 4.79 Å². The molecule has 3 rings (SSSR count). The van der Waals surface area contributed by atoms with Crippen LogP contribution in [0.25, 0.3) is 22.3 Å². The van der Waals surface area contributed by atoms with Gasteiger partial charge in [0.05, 0.1) is 22.8 Å². The van der Waals surface area contributed by atoms with E-state index in [1.165, 1.54) is 4.90 Å². The first-order valence-electron chi connectivity index (χ1n) is 9.72. The average molecular weight is 394 g/mol. The van der Waals surface area contributed by atoms with Gasteiger partial charge in [-0.3, -0.25) is 9.59 Å². The molecule has 29 heavy (non-hydrogen) atoms. The third kappa shape index (κ3) is 4.45. The fourth-order valence-electron chi connectivity index (χ4n) is 3.32. The number of carbonyl (C=O) groups is 2. The molecule has 0 radical (unpaired) electrons. The lowest BCUT2D eigenvalue weighted by Crippen LogP contribution is -2.38. The minimum atomic E-state index is -1.04. The third-order valence-corrected chi connectivity index (χ3v) is 4.55. The SMILES string of the molecule is CC(C)CN(CC(=O)O)C(=O)c1cc(-c2ccccc2)nc2c1cnn2C(C)C. The van der Waals surface area contributed by atoms with E-state index in [1.807, 2.05) is 58.0 Å². The highest BCUT2D eigenvalue weighted by Gasteiger charge is 2.24. The fourth-order valence-corrected chi connectivity index (χ4v) is 3.32. The second-order valence-corrected chi connectivity index (χ2v) is 7.81. The fraction of sp³-hybridized carbons (Fsp3) is 0.364. The molecule has 0 aliphatic rings. The van der Waals surface area contributed by atoms with Gasteiger partial charge in [-0.05, 0) is 25.8 Å². The summed E-state index contributed by atoms with van der Waals surface area (Å²) < 4.78 is 1.78. The lowest BCUT2D eigenvalue weighted by Gasteiger charge is -2.23. The van der Waals surface area contributed by atoms with Crippen molar-refractivity contribution in [2.75, 3.05) is 13.1 Å². The van der Waals surface area contributed by atoms with Gasteiger partial charge >= 0.3 is 5.97 Å². The summed E-state index contributed by atoms with van der Waals surface area (Å²) in [7, 11) is 0. The number of aromatic nitrogens is 3. The number of carbonyl (C=O) groups excluding carboxylic acids is 1. The van der Waals surface area contributed by atoms with Crippen LogP contribution in [0.5, 0.6) is 0 Å². The Morgan fingerprint density at radius 2 is 1.83 bits per heavy atom. The highest BCUT2D eigenvalue weighted by Crippen LogP contribution is 2.27. The Balaban J connectivity index is 2.19. The summed E-state index contributed by atoms with van der Waals surface area (Å²) in [4.78, 5) is 30.9. The number of carboxylic acids is 1. The van der Waals surface area contributed by atoms with Gasteiger partial charge in [0.25, 0.3) is 5.91 Å². The molecule has 1 amide bonds. The van der Waals surface area contributed by atoms with Crippen LogP contribution >= 0.6 is 0 Å². The molecule has 0 unspecified atom stereocenters. The maximum atomic E-state index is 13.4. The van der Waals surface area contributed by atoms with E-state index < -0.39 is 5.97 Å². The highest BCUT2D eigenvalue weighted by atomic mass is 16.4. The summed E-state index contributed by atoms with van der Waals surface area (Å²) in [6.45, 7) is 7.92. The zero-order chi connectivity index (χ0) is 21.1. The van der Waals surface area contributed by atoms with Gasteiger partial charge in [-0.15, -0.1) is 0 Å². The number of nitrogens with zero attached hydrogens (tertiary/aromatic N) is 4. The van der Waals surface area contributed by atoms with Crippen LogP contribution in [0.2, 0.25) is 0 Å². The van der Waals surface area contributed by atoms with Crippen molar-refractivity contribution in [3.05, 3.63) is 48.2 Å². The Labute approximate surface area is 170 Å². The predicted molar refractivity (Wildman–Crippen MR) is 112 cm³/mol. The lowest BCUT2D eigenvalue weighted by molar-refractivity contribution is -0.137. The minimum Gasteiger partial charge on any atom is -0.480 e. The number of hydrogen-bond donors (Lipinski definition) is 1. The van der Waals surface area contributed by atoms with Crippen molar-refractivity contribution in [3.63, 3.8) is 0 Å². The molecule has 7 nitrogen and oxygen atoms in total. The summed E-state index contributed by atoms with van der Waals surface area (Å²) in [5.41, 5.74) is 2.57. The maximum absolute atomic E-state index is 13.4. The van der Waals surface area contributed by atoms with Gasteiger partial charge in [0, 0.05) is 18.2 Å². The van der Waals surface area contributed by atoms with E-state index in [2.05, 4.69) is 5.10 Å². The molecule has 7 heteroatoms. The highest BCUT2D eigenvalue weighted by molar-refractivity contribution is 6.07. The molecule has 0 atom stereocenters. The van der Waals surface area contributed by atoms with Gasteiger partial charge in [-0.2, -0.15) is 5.10 Å². The zero-order valence-electron chi connectivity index (χ0n) is 17.2. The molecule has 152 valence electrons. The molecule has 0 saturated heterocycles. The van der Waals surface area contributed by atoms with Gasteiger partial charge in [-0.25, -0.2) is 9.67 Å². The van der Waals surface area contributed by atoms with Gasteiger partial charge in [0.1, 0.15) is 6.54 Å². The van der Waals surface area contributed by atoms with Crippen LogP contribution in [0, 0.1) is 5.92 Å². The van der Waals surface area contributed by atoms with Crippen LogP contribution < -0.4 is 0 Å². The van der Waals surface area contributed by atoms with Crippen LogP contribution in [0.1, 0.15) is 44.1 Å². The van der Waals surface area contributed by atoms with E-state index in [-0.39, 0.29) is 24.4 Å². The summed E-state index contributed by atoms with van der Waals surface area (Å²) >= 11 is 0. The summed E-state index contributed by atoms with van der Waals surface area (Å²) in [5.74, 6) is -1.22. The molecule has 3 aromatic rings. The standard InChI is InChI=1S/C22H26N4O3/c1-14(2)12-25(13-20(27)28)22(29)17-10-19(16-8-6-5-7-9-16)24-21-18(17)11-23-26(21)15(3)4/h5-11,14-15H,12-13H2,1-4H3,(H,27,28). The molecule has 1 aromatic carbocycles.